The van der Waals surface area contributed by atoms with Gasteiger partial charge in [0.2, 0.25) is 0 Å². The number of rotatable bonds is 6. The van der Waals surface area contributed by atoms with E-state index in [1.807, 2.05) is 6.92 Å². The molecule has 124 valence electrons. The van der Waals surface area contributed by atoms with Crippen LogP contribution in [-0.4, -0.2) is 46.1 Å². The molecule has 2 aliphatic carbocycles. The molecule has 0 spiro atoms. The molecule has 8 unspecified atom stereocenters. The van der Waals surface area contributed by atoms with Crippen LogP contribution in [0.2, 0.25) is 0 Å². The van der Waals surface area contributed by atoms with Crippen LogP contribution in [0.5, 0.6) is 0 Å². The van der Waals surface area contributed by atoms with E-state index in [-0.39, 0.29) is 40.4 Å². The molecule has 0 aromatic rings. The molecule has 2 saturated carbocycles. The molecule has 1 saturated heterocycles. The molecule has 3 fully saturated rings. The quantitative estimate of drug-likeness (QED) is 0.300. The van der Waals surface area contributed by atoms with Crippen LogP contribution in [-0.2, 0) is 23.8 Å². The highest BCUT2D eigenvalue weighted by atomic mass is 127. The Bertz CT molecular complexity index is 469. The summed E-state index contributed by atoms with van der Waals surface area (Å²) in [5, 5.41) is 10.1. The lowest BCUT2D eigenvalue weighted by atomic mass is 9.78. The molecular formula is C15H21IO6. The molecule has 7 heteroatoms. The van der Waals surface area contributed by atoms with Crippen molar-refractivity contribution in [3.8, 4) is 0 Å². The Morgan fingerprint density at radius 2 is 2.18 bits per heavy atom. The number of alkyl halides is 1. The topological polar surface area (TPSA) is 82.1 Å². The fourth-order valence-corrected chi connectivity index (χ4v) is 4.35. The highest BCUT2D eigenvalue weighted by molar-refractivity contribution is 14.1. The van der Waals surface area contributed by atoms with Crippen molar-refractivity contribution in [1.29, 1.82) is 0 Å². The van der Waals surface area contributed by atoms with Crippen LogP contribution in [0.1, 0.15) is 26.7 Å². The van der Waals surface area contributed by atoms with Crippen LogP contribution in [0.4, 0.5) is 0 Å². The van der Waals surface area contributed by atoms with Gasteiger partial charge in [-0.05, 0) is 19.8 Å². The number of hydrogen-bond donors (Lipinski definition) is 1. The predicted molar refractivity (Wildman–Crippen MR) is 84.1 cm³/mol. The summed E-state index contributed by atoms with van der Waals surface area (Å²) in [6.45, 7) is 4.01. The minimum Gasteiger partial charge on any atom is -0.466 e. The van der Waals surface area contributed by atoms with Gasteiger partial charge in [0, 0.05) is 11.8 Å². The molecule has 0 aromatic carbocycles. The molecule has 1 aliphatic heterocycles. The second-order valence-electron chi connectivity index (χ2n) is 6.18. The van der Waals surface area contributed by atoms with Gasteiger partial charge in [0.1, 0.15) is 12.2 Å². The Morgan fingerprint density at radius 3 is 2.82 bits per heavy atom. The van der Waals surface area contributed by atoms with Gasteiger partial charge in [-0.25, -0.2) is 0 Å². The van der Waals surface area contributed by atoms with E-state index in [4.69, 9.17) is 14.2 Å². The molecule has 1 N–H and O–H groups in total. The Kier molecular flexibility index (Phi) is 4.66. The van der Waals surface area contributed by atoms with Crippen LogP contribution in [0, 0.1) is 23.7 Å². The van der Waals surface area contributed by atoms with E-state index >= 15 is 0 Å². The van der Waals surface area contributed by atoms with E-state index in [1.54, 1.807) is 6.92 Å². The van der Waals surface area contributed by atoms with Gasteiger partial charge < -0.3 is 19.3 Å². The van der Waals surface area contributed by atoms with Gasteiger partial charge in [-0.3, -0.25) is 9.59 Å². The SMILES string of the molecule is CCOC(=O)C1C2CC3C(OC(=O)C31)C2OC(O)C(I)CC. The molecule has 2 bridgehead atoms. The summed E-state index contributed by atoms with van der Waals surface area (Å²) >= 11 is 2.14. The van der Waals surface area contributed by atoms with E-state index < -0.39 is 24.2 Å². The average Bonchev–Trinajstić information content (AvgIpc) is 3.09. The lowest BCUT2D eigenvalue weighted by Gasteiger charge is -2.32. The lowest BCUT2D eigenvalue weighted by Crippen LogP contribution is -2.45. The molecular weight excluding hydrogens is 403 g/mol. The second-order valence-corrected chi connectivity index (χ2v) is 7.78. The van der Waals surface area contributed by atoms with Crippen LogP contribution in [0.3, 0.4) is 0 Å². The van der Waals surface area contributed by atoms with E-state index in [1.165, 1.54) is 0 Å². The van der Waals surface area contributed by atoms with Crippen molar-refractivity contribution in [3.05, 3.63) is 0 Å². The summed E-state index contributed by atoms with van der Waals surface area (Å²) in [5.41, 5.74) is 0. The standard InChI is InChI=1S/C15H21IO6/c1-3-8(16)13(17)21-11-6-5-7-10(15(19)22-12(7)11)9(6)14(18)20-4-2/h6-13,17H,3-5H2,1-2H3. The van der Waals surface area contributed by atoms with Gasteiger partial charge in [0.15, 0.2) is 6.29 Å². The number of hydrogen-bond acceptors (Lipinski definition) is 6. The molecule has 6 nitrogen and oxygen atoms in total. The van der Waals surface area contributed by atoms with E-state index in [2.05, 4.69) is 22.6 Å². The van der Waals surface area contributed by atoms with E-state index in [0.29, 0.717) is 0 Å². The molecule has 0 aromatic heterocycles. The molecule has 3 rings (SSSR count). The molecule has 0 radical (unpaired) electrons. The number of halogens is 1. The normalized spacial score (nSPS) is 41.4. The van der Waals surface area contributed by atoms with Crippen molar-refractivity contribution in [2.45, 2.75) is 49.1 Å². The Labute approximate surface area is 143 Å². The van der Waals surface area contributed by atoms with Gasteiger partial charge >= 0.3 is 11.9 Å². The number of aliphatic hydroxyl groups excluding tert-OH is 1. The first kappa shape index (κ1) is 16.4. The largest absolute Gasteiger partial charge is 0.466 e. The zero-order valence-electron chi connectivity index (χ0n) is 12.6. The maximum Gasteiger partial charge on any atom is 0.310 e. The van der Waals surface area contributed by atoms with Crippen LogP contribution in [0.15, 0.2) is 0 Å². The monoisotopic (exact) mass is 424 g/mol. The number of fused-ring (bicyclic) bond motifs is 1. The highest BCUT2D eigenvalue weighted by Gasteiger charge is 2.69. The van der Waals surface area contributed by atoms with Crippen LogP contribution < -0.4 is 0 Å². The smallest absolute Gasteiger partial charge is 0.310 e. The molecule has 1 heterocycles. The van der Waals surface area contributed by atoms with Crippen molar-refractivity contribution in [1.82, 2.24) is 0 Å². The highest BCUT2D eigenvalue weighted by Crippen LogP contribution is 2.59. The summed E-state index contributed by atoms with van der Waals surface area (Å²) in [6.07, 6.45) is -0.170. The summed E-state index contributed by atoms with van der Waals surface area (Å²) in [5.74, 6) is -1.66. The predicted octanol–water partition coefficient (Wildman–Crippen LogP) is 1.27. The van der Waals surface area contributed by atoms with Crippen molar-refractivity contribution < 1.29 is 28.9 Å². The van der Waals surface area contributed by atoms with E-state index in [9.17, 15) is 14.7 Å². The minimum absolute atomic E-state index is 0.0124. The van der Waals surface area contributed by atoms with Crippen LogP contribution in [0.25, 0.3) is 0 Å². The third-order valence-corrected chi connectivity index (χ3v) is 6.60. The fourth-order valence-electron chi connectivity index (χ4n) is 4.18. The Balaban J connectivity index is 1.79. The maximum atomic E-state index is 12.2. The first-order valence-electron chi connectivity index (χ1n) is 7.84. The zero-order valence-corrected chi connectivity index (χ0v) is 14.8. The van der Waals surface area contributed by atoms with Gasteiger partial charge in [0.05, 0.1) is 22.4 Å². The Morgan fingerprint density at radius 1 is 1.45 bits per heavy atom. The number of esters is 2. The van der Waals surface area contributed by atoms with Gasteiger partial charge in [-0.2, -0.15) is 0 Å². The summed E-state index contributed by atoms with van der Waals surface area (Å²) in [4.78, 5) is 24.3. The second kappa shape index (κ2) is 6.24. The maximum absolute atomic E-state index is 12.2. The molecule has 8 atom stereocenters. The lowest BCUT2D eigenvalue weighted by molar-refractivity contribution is -0.183. The van der Waals surface area contributed by atoms with Crippen LogP contribution >= 0.6 is 22.6 Å². The molecule has 22 heavy (non-hydrogen) atoms. The first-order chi connectivity index (χ1) is 10.5. The average molecular weight is 424 g/mol. The van der Waals surface area contributed by atoms with Gasteiger partial charge in [0.25, 0.3) is 0 Å². The molecule has 0 amide bonds. The molecule has 3 aliphatic rings. The Hall–Kier alpha value is -0.410. The number of ether oxygens (including phenoxy) is 3. The van der Waals surface area contributed by atoms with E-state index in [0.717, 1.165) is 12.8 Å². The number of carbonyl (C=O) groups is 2. The first-order valence-corrected chi connectivity index (χ1v) is 9.08. The summed E-state index contributed by atoms with van der Waals surface area (Å²) < 4.78 is 16.3. The van der Waals surface area contributed by atoms with Gasteiger partial charge in [-0.1, -0.05) is 29.5 Å². The zero-order chi connectivity index (χ0) is 16.0. The third kappa shape index (κ3) is 2.45. The summed E-state index contributed by atoms with van der Waals surface area (Å²) in [6, 6.07) is 0. The number of carbonyl (C=O) groups excluding carboxylic acids is 2. The van der Waals surface area contributed by atoms with Crippen molar-refractivity contribution in [3.63, 3.8) is 0 Å². The van der Waals surface area contributed by atoms with Crippen molar-refractivity contribution in [2.75, 3.05) is 6.61 Å². The third-order valence-electron chi connectivity index (χ3n) is 5.10. The van der Waals surface area contributed by atoms with Crippen molar-refractivity contribution >= 4 is 34.5 Å². The fraction of sp³-hybridized carbons (Fsp3) is 0.867. The number of aliphatic hydroxyl groups is 1. The summed E-state index contributed by atoms with van der Waals surface area (Å²) in [7, 11) is 0. The van der Waals surface area contributed by atoms with Gasteiger partial charge in [-0.15, -0.1) is 0 Å². The van der Waals surface area contributed by atoms with Crippen molar-refractivity contribution in [2.24, 2.45) is 23.7 Å². The minimum atomic E-state index is -0.921.